The first-order valence-corrected chi connectivity index (χ1v) is 12.3. The number of aromatic hydroxyl groups is 2. The molecule has 0 amide bonds. The van der Waals surface area contributed by atoms with Crippen molar-refractivity contribution in [3.05, 3.63) is 46.6 Å². The smallest absolute Gasteiger partial charge is 0.239 e. The Balaban J connectivity index is 1.58. The monoisotopic (exact) mass is 564 g/mol. The van der Waals surface area contributed by atoms with E-state index >= 15 is 0 Å². The van der Waals surface area contributed by atoms with E-state index in [4.69, 9.17) is 23.4 Å². The SMILES string of the molecule is C[C@H]1O[C@H](Oc2c(-c3ccc(O)cc3)oc3cc(O[C@H]4OC[C@H](O)[C@@H](O)[C@@H]4O)cc(O)c3c2=O)[C@@H](O)[C@@H](O)[C@@H]1O. The highest BCUT2D eigenvalue weighted by Gasteiger charge is 2.44. The second-order valence-corrected chi connectivity index (χ2v) is 9.62. The molecule has 9 atom stereocenters. The Bertz CT molecular complexity index is 1420. The molecule has 3 aromatic rings. The van der Waals surface area contributed by atoms with Crippen LogP contribution in [0.1, 0.15) is 6.92 Å². The first-order valence-electron chi connectivity index (χ1n) is 12.3. The van der Waals surface area contributed by atoms with E-state index in [2.05, 4.69) is 0 Å². The van der Waals surface area contributed by atoms with Crippen LogP contribution in [0.15, 0.2) is 45.6 Å². The quantitative estimate of drug-likeness (QED) is 0.184. The summed E-state index contributed by atoms with van der Waals surface area (Å²) in [6, 6.07) is 7.69. The van der Waals surface area contributed by atoms with Gasteiger partial charge in [0.2, 0.25) is 23.8 Å². The minimum atomic E-state index is -1.76. The van der Waals surface area contributed by atoms with Gasteiger partial charge in [-0.25, -0.2) is 0 Å². The molecule has 0 spiro atoms. The highest BCUT2D eigenvalue weighted by atomic mass is 16.7. The van der Waals surface area contributed by atoms with Crippen LogP contribution in [0.4, 0.5) is 0 Å². The summed E-state index contributed by atoms with van der Waals surface area (Å²) >= 11 is 0. The minimum absolute atomic E-state index is 0.0852. The van der Waals surface area contributed by atoms with Crippen LogP contribution in [0.25, 0.3) is 22.3 Å². The van der Waals surface area contributed by atoms with Gasteiger partial charge in [-0.3, -0.25) is 4.79 Å². The zero-order valence-corrected chi connectivity index (χ0v) is 20.9. The molecule has 0 aliphatic carbocycles. The van der Waals surface area contributed by atoms with Crippen LogP contribution in [0.5, 0.6) is 23.0 Å². The Hall–Kier alpha value is -3.47. The lowest BCUT2D eigenvalue weighted by Crippen LogP contribution is -2.58. The second kappa shape index (κ2) is 10.8. The predicted octanol–water partition coefficient (Wildman–Crippen LogP) is -1.10. The zero-order chi connectivity index (χ0) is 28.9. The van der Waals surface area contributed by atoms with Crippen molar-refractivity contribution in [3.8, 4) is 34.3 Å². The number of hydrogen-bond acceptors (Lipinski definition) is 14. The predicted molar refractivity (Wildman–Crippen MR) is 133 cm³/mol. The summed E-state index contributed by atoms with van der Waals surface area (Å²) in [6.45, 7) is 1.10. The van der Waals surface area contributed by atoms with Gasteiger partial charge in [-0.15, -0.1) is 0 Å². The Labute approximate surface area is 225 Å². The Morgan fingerprint density at radius 1 is 0.825 bits per heavy atom. The number of ether oxygens (including phenoxy) is 4. The number of hydrogen-bond donors (Lipinski definition) is 8. The van der Waals surface area contributed by atoms with Crippen LogP contribution < -0.4 is 14.9 Å². The maximum Gasteiger partial charge on any atom is 0.239 e. The van der Waals surface area contributed by atoms with Crippen molar-refractivity contribution in [3.63, 3.8) is 0 Å². The van der Waals surface area contributed by atoms with E-state index in [1.807, 2.05) is 0 Å². The van der Waals surface area contributed by atoms with E-state index in [0.717, 1.165) is 6.07 Å². The molecule has 2 saturated heterocycles. The molecule has 216 valence electrons. The topological polar surface area (TPSA) is 229 Å². The maximum atomic E-state index is 13.6. The third-order valence-electron chi connectivity index (χ3n) is 6.78. The number of phenolic OH excluding ortho intramolecular Hbond substituents is 2. The zero-order valence-electron chi connectivity index (χ0n) is 20.9. The number of aliphatic hydroxyl groups excluding tert-OH is 6. The lowest BCUT2D eigenvalue weighted by atomic mass is 10.00. The Morgan fingerprint density at radius 3 is 2.20 bits per heavy atom. The fourth-order valence-electron chi connectivity index (χ4n) is 4.48. The van der Waals surface area contributed by atoms with Crippen molar-refractivity contribution in [1.29, 1.82) is 0 Å². The van der Waals surface area contributed by atoms with Gasteiger partial charge in [0, 0.05) is 17.7 Å². The number of rotatable bonds is 5. The molecule has 14 nitrogen and oxygen atoms in total. The molecule has 2 fully saturated rings. The maximum absolute atomic E-state index is 13.6. The van der Waals surface area contributed by atoms with Gasteiger partial charge in [0.25, 0.3) is 0 Å². The lowest BCUT2D eigenvalue weighted by molar-refractivity contribution is -0.268. The molecule has 0 saturated carbocycles. The third-order valence-corrected chi connectivity index (χ3v) is 6.78. The largest absolute Gasteiger partial charge is 0.508 e. The van der Waals surface area contributed by atoms with Crippen molar-refractivity contribution >= 4 is 11.0 Å². The van der Waals surface area contributed by atoms with Crippen LogP contribution in [0, 0.1) is 0 Å². The van der Waals surface area contributed by atoms with Crippen molar-refractivity contribution in [2.75, 3.05) is 6.61 Å². The molecule has 40 heavy (non-hydrogen) atoms. The normalized spacial score (nSPS) is 32.6. The molecule has 0 radical (unpaired) electrons. The lowest BCUT2D eigenvalue weighted by Gasteiger charge is -2.38. The van der Waals surface area contributed by atoms with E-state index in [-0.39, 0.29) is 40.4 Å². The first kappa shape index (κ1) is 28.1. The number of fused-ring (bicyclic) bond motifs is 1. The van der Waals surface area contributed by atoms with Gasteiger partial charge in [0.1, 0.15) is 64.8 Å². The van der Waals surface area contributed by atoms with Gasteiger partial charge in [-0.05, 0) is 31.2 Å². The standard InChI is InChI=1S/C26H28O14/c1-9-17(30)20(33)22(35)26(37-9)40-24-19(32)16-13(28)6-12(38-25-21(34)18(31)14(29)8-36-25)7-15(16)39-23(24)10-2-4-11(27)5-3-10/h2-7,9,14,17-18,20-22,25-31,33-35H,8H2,1H3/t9-,14+,17-,18-,20+,21+,22+,25-,26-/m1/s1. The fraction of sp³-hybridized carbons (Fsp3) is 0.423. The van der Waals surface area contributed by atoms with Gasteiger partial charge in [0.05, 0.1) is 12.7 Å². The van der Waals surface area contributed by atoms with Crippen LogP contribution in [-0.4, -0.2) is 103 Å². The van der Waals surface area contributed by atoms with Crippen molar-refractivity contribution < 1.29 is 64.2 Å². The van der Waals surface area contributed by atoms with Crippen LogP contribution >= 0.6 is 0 Å². The molecule has 2 aromatic carbocycles. The number of aliphatic hydroxyl groups is 6. The molecule has 2 aliphatic heterocycles. The molecule has 14 heteroatoms. The van der Waals surface area contributed by atoms with Gasteiger partial charge in [-0.1, -0.05) is 0 Å². The van der Waals surface area contributed by atoms with Crippen LogP contribution in [-0.2, 0) is 9.47 Å². The Morgan fingerprint density at radius 2 is 1.50 bits per heavy atom. The van der Waals surface area contributed by atoms with E-state index < -0.39 is 72.2 Å². The molecular weight excluding hydrogens is 536 g/mol. The highest BCUT2D eigenvalue weighted by molar-refractivity contribution is 5.88. The molecule has 2 aliphatic rings. The third kappa shape index (κ3) is 5.07. The summed E-state index contributed by atoms with van der Waals surface area (Å²) in [7, 11) is 0. The van der Waals surface area contributed by atoms with Gasteiger partial charge >= 0.3 is 0 Å². The molecule has 8 N–H and O–H groups in total. The van der Waals surface area contributed by atoms with E-state index in [1.54, 1.807) is 0 Å². The van der Waals surface area contributed by atoms with Crippen molar-refractivity contribution in [2.24, 2.45) is 0 Å². The summed E-state index contributed by atoms with van der Waals surface area (Å²) < 4.78 is 27.9. The summed E-state index contributed by atoms with van der Waals surface area (Å²) in [6.07, 6.45) is -13.3. The minimum Gasteiger partial charge on any atom is -0.508 e. The number of benzene rings is 2. The molecule has 0 unspecified atom stereocenters. The van der Waals surface area contributed by atoms with Crippen LogP contribution in [0.3, 0.4) is 0 Å². The second-order valence-electron chi connectivity index (χ2n) is 9.62. The van der Waals surface area contributed by atoms with E-state index in [0.29, 0.717) is 0 Å². The van der Waals surface area contributed by atoms with Gasteiger partial charge in [-0.2, -0.15) is 0 Å². The first-order chi connectivity index (χ1) is 19.0. The Kier molecular flexibility index (Phi) is 7.60. The van der Waals surface area contributed by atoms with E-state index in [9.17, 15) is 45.6 Å². The molecule has 0 bridgehead atoms. The molecule has 1 aromatic heterocycles. The summed E-state index contributed by atoms with van der Waals surface area (Å²) in [5, 5.41) is 80.5. The summed E-state index contributed by atoms with van der Waals surface area (Å²) in [5.41, 5.74) is -0.861. The highest BCUT2D eigenvalue weighted by Crippen LogP contribution is 2.38. The summed E-state index contributed by atoms with van der Waals surface area (Å²) in [5.74, 6) is -1.54. The average Bonchev–Trinajstić information content (AvgIpc) is 2.92. The summed E-state index contributed by atoms with van der Waals surface area (Å²) in [4.78, 5) is 13.6. The fourth-order valence-corrected chi connectivity index (χ4v) is 4.48. The van der Waals surface area contributed by atoms with Crippen LogP contribution in [0.2, 0.25) is 0 Å². The average molecular weight is 564 g/mol. The van der Waals surface area contributed by atoms with Crippen molar-refractivity contribution in [1.82, 2.24) is 0 Å². The van der Waals surface area contributed by atoms with Gasteiger partial charge in [0.15, 0.2) is 5.76 Å². The number of phenols is 2. The molecular formula is C26H28O14. The molecule has 3 heterocycles. The molecule has 5 rings (SSSR count). The van der Waals surface area contributed by atoms with Gasteiger partial charge < -0.3 is 64.2 Å². The van der Waals surface area contributed by atoms with E-state index in [1.165, 1.54) is 37.3 Å². The van der Waals surface area contributed by atoms with Crippen molar-refractivity contribution in [2.45, 2.75) is 62.2 Å².